The summed E-state index contributed by atoms with van der Waals surface area (Å²) in [6, 6.07) is 20.5. The van der Waals surface area contributed by atoms with Crippen molar-refractivity contribution in [3.63, 3.8) is 0 Å². The second-order valence-corrected chi connectivity index (χ2v) is 10.5. The van der Waals surface area contributed by atoms with Crippen LogP contribution in [0.3, 0.4) is 0 Å². The fourth-order valence-electron chi connectivity index (χ4n) is 3.16. The molecule has 30 heavy (non-hydrogen) atoms. The number of rotatable bonds is 4. The van der Waals surface area contributed by atoms with Crippen molar-refractivity contribution in [3.8, 4) is 0 Å². The quantitative estimate of drug-likeness (QED) is 0.422. The Balaban J connectivity index is 1.77. The monoisotopic (exact) mass is 440 g/mol. The molecular formula is C26H30Cl2N2. The molecule has 0 aromatic heterocycles. The Morgan fingerprint density at radius 2 is 0.833 bits per heavy atom. The lowest BCUT2D eigenvalue weighted by Gasteiger charge is -2.20. The summed E-state index contributed by atoms with van der Waals surface area (Å²) in [5.74, 6) is 0. The predicted octanol–water partition coefficient (Wildman–Crippen LogP) is 9.08. The van der Waals surface area contributed by atoms with Crippen molar-refractivity contribution in [2.24, 2.45) is 0 Å². The Morgan fingerprint density at radius 1 is 0.533 bits per heavy atom. The molecule has 0 spiro atoms. The van der Waals surface area contributed by atoms with Gasteiger partial charge in [0.15, 0.2) is 0 Å². The van der Waals surface area contributed by atoms with Crippen LogP contribution < -0.4 is 10.6 Å². The molecule has 0 bridgehead atoms. The lowest BCUT2D eigenvalue weighted by atomic mass is 9.87. The second-order valence-electron chi connectivity index (χ2n) is 9.72. The first-order valence-corrected chi connectivity index (χ1v) is 10.9. The van der Waals surface area contributed by atoms with E-state index in [0.29, 0.717) is 10.0 Å². The standard InChI is InChI=1S/C26H30Cl2N2/c1-25(2,3)17-7-11-19(12-8-17)29-23-15-22(28)24(16-21(23)27)30-20-13-9-18(10-14-20)26(4,5)6/h7-16,29-30H,1-6H3. The number of hydrogen-bond donors (Lipinski definition) is 2. The molecule has 0 radical (unpaired) electrons. The van der Waals surface area contributed by atoms with Gasteiger partial charge in [0.2, 0.25) is 0 Å². The third-order valence-corrected chi connectivity index (χ3v) is 5.74. The lowest BCUT2D eigenvalue weighted by molar-refractivity contribution is 0.590. The molecule has 0 saturated carbocycles. The van der Waals surface area contributed by atoms with Gasteiger partial charge in [-0.25, -0.2) is 0 Å². The summed E-state index contributed by atoms with van der Waals surface area (Å²) in [7, 11) is 0. The smallest absolute Gasteiger partial charge is 0.0662 e. The molecule has 3 aromatic carbocycles. The average Bonchev–Trinajstić information content (AvgIpc) is 2.65. The van der Waals surface area contributed by atoms with Crippen molar-refractivity contribution in [3.05, 3.63) is 81.8 Å². The van der Waals surface area contributed by atoms with Gasteiger partial charge in [-0.05, 0) is 58.4 Å². The van der Waals surface area contributed by atoms with Crippen LogP contribution in [0, 0.1) is 0 Å². The highest BCUT2D eigenvalue weighted by atomic mass is 35.5. The number of anilines is 4. The summed E-state index contributed by atoms with van der Waals surface area (Å²) < 4.78 is 0. The molecule has 0 atom stereocenters. The number of benzene rings is 3. The van der Waals surface area contributed by atoms with E-state index in [2.05, 4.69) is 101 Å². The summed E-state index contributed by atoms with van der Waals surface area (Å²) in [6.07, 6.45) is 0. The molecule has 2 nitrogen and oxygen atoms in total. The van der Waals surface area contributed by atoms with Crippen LogP contribution in [0.1, 0.15) is 52.7 Å². The van der Waals surface area contributed by atoms with E-state index in [1.54, 1.807) is 0 Å². The van der Waals surface area contributed by atoms with Gasteiger partial charge in [-0.2, -0.15) is 0 Å². The van der Waals surface area contributed by atoms with Crippen molar-refractivity contribution in [1.82, 2.24) is 0 Å². The van der Waals surface area contributed by atoms with Crippen LogP contribution in [0.15, 0.2) is 60.7 Å². The van der Waals surface area contributed by atoms with E-state index >= 15 is 0 Å². The lowest BCUT2D eigenvalue weighted by Crippen LogP contribution is -2.10. The molecule has 0 aliphatic rings. The van der Waals surface area contributed by atoms with Crippen molar-refractivity contribution < 1.29 is 0 Å². The van der Waals surface area contributed by atoms with E-state index in [1.807, 2.05) is 12.1 Å². The van der Waals surface area contributed by atoms with Crippen molar-refractivity contribution in [2.45, 2.75) is 52.4 Å². The highest BCUT2D eigenvalue weighted by Crippen LogP contribution is 2.36. The molecule has 158 valence electrons. The van der Waals surface area contributed by atoms with Crippen LogP contribution in [0.2, 0.25) is 10.0 Å². The maximum absolute atomic E-state index is 6.55. The first kappa shape index (κ1) is 22.5. The van der Waals surface area contributed by atoms with Gasteiger partial charge in [-0.3, -0.25) is 0 Å². The fraction of sp³-hybridized carbons (Fsp3) is 0.308. The SMILES string of the molecule is CC(C)(C)c1ccc(Nc2cc(Cl)c(Nc3ccc(C(C)(C)C)cc3)cc2Cl)cc1. The van der Waals surface area contributed by atoms with Crippen LogP contribution >= 0.6 is 23.2 Å². The van der Waals surface area contributed by atoms with Crippen LogP contribution in [-0.4, -0.2) is 0 Å². The molecule has 2 N–H and O–H groups in total. The van der Waals surface area contributed by atoms with Gasteiger partial charge in [0.05, 0.1) is 21.4 Å². The normalized spacial score (nSPS) is 12.0. The Labute approximate surface area is 190 Å². The van der Waals surface area contributed by atoms with Crippen molar-refractivity contribution in [2.75, 3.05) is 10.6 Å². The number of hydrogen-bond acceptors (Lipinski definition) is 2. The topological polar surface area (TPSA) is 24.1 Å². The second kappa shape index (κ2) is 8.53. The zero-order valence-electron chi connectivity index (χ0n) is 18.5. The van der Waals surface area contributed by atoms with E-state index in [0.717, 1.165) is 22.7 Å². The van der Waals surface area contributed by atoms with Gasteiger partial charge in [0, 0.05) is 11.4 Å². The molecule has 0 amide bonds. The highest BCUT2D eigenvalue weighted by Gasteiger charge is 2.15. The molecule has 3 aromatic rings. The van der Waals surface area contributed by atoms with Crippen molar-refractivity contribution >= 4 is 46.0 Å². The minimum absolute atomic E-state index is 0.123. The molecule has 0 aliphatic carbocycles. The minimum atomic E-state index is 0.123. The first-order chi connectivity index (χ1) is 13.9. The fourth-order valence-corrected chi connectivity index (χ4v) is 3.58. The van der Waals surface area contributed by atoms with Gasteiger partial charge in [-0.1, -0.05) is 89.0 Å². The zero-order valence-corrected chi connectivity index (χ0v) is 20.0. The molecular weight excluding hydrogens is 411 g/mol. The minimum Gasteiger partial charge on any atom is -0.354 e. The molecule has 0 saturated heterocycles. The van der Waals surface area contributed by atoms with Gasteiger partial charge >= 0.3 is 0 Å². The summed E-state index contributed by atoms with van der Waals surface area (Å²) >= 11 is 13.1. The van der Waals surface area contributed by atoms with Gasteiger partial charge in [0.25, 0.3) is 0 Å². The van der Waals surface area contributed by atoms with Crippen LogP contribution in [0.5, 0.6) is 0 Å². The van der Waals surface area contributed by atoms with E-state index < -0.39 is 0 Å². The van der Waals surface area contributed by atoms with Gasteiger partial charge < -0.3 is 10.6 Å². The van der Waals surface area contributed by atoms with E-state index in [4.69, 9.17) is 23.2 Å². The summed E-state index contributed by atoms with van der Waals surface area (Å²) in [6.45, 7) is 13.2. The van der Waals surface area contributed by atoms with E-state index in [-0.39, 0.29) is 10.8 Å². The third-order valence-electron chi connectivity index (χ3n) is 5.12. The predicted molar refractivity (Wildman–Crippen MR) is 133 cm³/mol. The van der Waals surface area contributed by atoms with Crippen LogP contribution in [-0.2, 0) is 10.8 Å². The summed E-state index contributed by atoms with van der Waals surface area (Å²) in [5, 5.41) is 7.93. The van der Waals surface area contributed by atoms with Crippen molar-refractivity contribution in [1.29, 1.82) is 0 Å². The number of halogens is 2. The molecule has 0 heterocycles. The van der Waals surface area contributed by atoms with E-state index in [9.17, 15) is 0 Å². The van der Waals surface area contributed by atoms with E-state index in [1.165, 1.54) is 11.1 Å². The summed E-state index contributed by atoms with van der Waals surface area (Å²) in [5.41, 5.74) is 6.32. The molecule has 0 aliphatic heterocycles. The highest BCUT2D eigenvalue weighted by molar-refractivity contribution is 6.37. The van der Waals surface area contributed by atoms with Crippen LogP contribution in [0.25, 0.3) is 0 Å². The molecule has 0 unspecified atom stereocenters. The molecule has 3 rings (SSSR count). The largest absolute Gasteiger partial charge is 0.354 e. The Kier molecular flexibility index (Phi) is 6.40. The Bertz CT molecular complexity index is 924. The maximum atomic E-state index is 6.55. The third kappa shape index (κ3) is 5.50. The Hall–Kier alpha value is -2.16. The van der Waals surface area contributed by atoms with Gasteiger partial charge in [-0.15, -0.1) is 0 Å². The number of nitrogens with one attached hydrogen (secondary N) is 2. The first-order valence-electron chi connectivity index (χ1n) is 10.2. The molecule has 4 heteroatoms. The zero-order chi connectivity index (χ0) is 22.1. The average molecular weight is 441 g/mol. The Morgan fingerprint density at radius 3 is 1.10 bits per heavy atom. The molecule has 0 fully saturated rings. The van der Waals surface area contributed by atoms with Crippen LogP contribution in [0.4, 0.5) is 22.7 Å². The maximum Gasteiger partial charge on any atom is 0.0662 e. The summed E-state index contributed by atoms with van der Waals surface area (Å²) in [4.78, 5) is 0. The van der Waals surface area contributed by atoms with Gasteiger partial charge in [0.1, 0.15) is 0 Å².